The Hall–Kier alpha value is -1.13. The Balaban J connectivity index is 1.79. The van der Waals surface area contributed by atoms with Crippen LogP contribution >= 0.6 is 0 Å². The quantitative estimate of drug-likeness (QED) is 0.824. The molecule has 1 aliphatic heterocycles. The van der Waals surface area contributed by atoms with Crippen LogP contribution in [0.3, 0.4) is 0 Å². The van der Waals surface area contributed by atoms with Crippen molar-refractivity contribution in [2.75, 3.05) is 19.8 Å². The fourth-order valence-corrected chi connectivity index (χ4v) is 2.21. The standard InChI is InChI=1S/C15H22FNO2/c1-2-17-11-12-5-6-15(14(16)10-12)19-9-7-13-4-3-8-18-13/h5-6,10,13,17H,2-4,7-9,11H2,1H3. The number of rotatable bonds is 7. The van der Waals surface area contributed by atoms with Gasteiger partial charge in [0.05, 0.1) is 12.7 Å². The SMILES string of the molecule is CCNCc1ccc(OCCC2CCCO2)c(F)c1. The van der Waals surface area contributed by atoms with E-state index in [1.807, 2.05) is 13.0 Å². The maximum Gasteiger partial charge on any atom is 0.165 e. The van der Waals surface area contributed by atoms with Gasteiger partial charge in [-0.25, -0.2) is 4.39 Å². The Morgan fingerprint density at radius 3 is 3.05 bits per heavy atom. The highest BCUT2D eigenvalue weighted by Gasteiger charge is 2.15. The largest absolute Gasteiger partial charge is 0.490 e. The molecule has 1 aromatic carbocycles. The van der Waals surface area contributed by atoms with Crippen LogP contribution in [0.2, 0.25) is 0 Å². The van der Waals surface area contributed by atoms with E-state index < -0.39 is 0 Å². The second-order valence-corrected chi connectivity index (χ2v) is 4.82. The van der Waals surface area contributed by atoms with Gasteiger partial charge >= 0.3 is 0 Å². The molecule has 0 bridgehead atoms. The zero-order chi connectivity index (χ0) is 13.5. The van der Waals surface area contributed by atoms with Gasteiger partial charge in [0.15, 0.2) is 11.6 Å². The molecule has 1 atom stereocenters. The average molecular weight is 267 g/mol. The van der Waals surface area contributed by atoms with Crippen molar-refractivity contribution in [2.24, 2.45) is 0 Å². The first-order chi connectivity index (χ1) is 9.29. The third kappa shape index (κ3) is 4.48. The zero-order valence-electron chi connectivity index (χ0n) is 11.5. The van der Waals surface area contributed by atoms with E-state index in [1.54, 1.807) is 6.07 Å². The van der Waals surface area contributed by atoms with E-state index in [1.165, 1.54) is 6.07 Å². The van der Waals surface area contributed by atoms with Crippen LogP contribution < -0.4 is 10.1 Å². The Morgan fingerprint density at radius 2 is 2.37 bits per heavy atom. The normalized spacial score (nSPS) is 18.7. The predicted octanol–water partition coefficient (Wildman–Crippen LogP) is 2.88. The molecular weight excluding hydrogens is 245 g/mol. The van der Waals surface area contributed by atoms with Crippen LogP contribution in [0.1, 0.15) is 31.7 Å². The number of ether oxygens (including phenoxy) is 2. The topological polar surface area (TPSA) is 30.5 Å². The molecular formula is C15H22FNO2. The minimum Gasteiger partial charge on any atom is -0.490 e. The lowest BCUT2D eigenvalue weighted by molar-refractivity contribution is 0.0897. The first-order valence-corrected chi connectivity index (χ1v) is 7.03. The zero-order valence-corrected chi connectivity index (χ0v) is 11.5. The third-order valence-corrected chi connectivity index (χ3v) is 3.30. The number of benzene rings is 1. The van der Waals surface area contributed by atoms with Crippen molar-refractivity contribution in [2.45, 2.75) is 38.8 Å². The van der Waals surface area contributed by atoms with Crippen molar-refractivity contribution in [3.8, 4) is 5.75 Å². The average Bonchev–Trinajstić information content (AvgIpc) is 2.92. The predicted molar refractivity (Wildman–Crippen MR) is 72.9 cm³/mol. The molecule has 1 unspecified atom stereocenters. The van der Waals surface area contributed by atoms with Crippen LogP contribution in [0, 0.1) is 5.82 Å². The summed E-state index contributed by atoms with van der Waals surface area (Å²) in [6.07, 6.45) is 3.33. The summed E-state index contributed by atoms with van der Waals surface area (Å²) in [5, 5.41) is 3.17. The van der Waals surface area contributed by atoms with Crippen LogP contribution in [0.15, 0.2) is 18.2 Å². The van der Waals surface area contributed by atoms with Gasteiger partial charge in [0.1, 0.15) is 0 Å². The van der Waals surface area contributed by atoms with Gasteiger partial charge in [-0.1, -0.05) is 13.0 Å². The molecule has 0 radical (unpaired) electrons. The highest BCUT2D eigenvalue weighted by molar-refractivity contribution is 5.29. The van der Waals surface area contributed by atoms with Crippen molar-refractivity contribution in [1.82, 2.24) is 5.32 Å². The van der Waals surface area contributed by atoms with E-state index in [4.69, 9.17) is 9.47 Å². The number of hydrogen-bond donors (Lipinski definition) is 1. The van der Waals surface area contributed by atoms with Crippen molar-refractivity contribution in [1.29, 1.82) is 0 Å². The second kappa shape index (κ2) is 7.46. The maximum atomic E-state index is 13.8. The lowest BCUT2D eigenvalue weighted by Crippen LogP contribution is -2.13. The van der Waals surface area contributed by atoms with Crippen molar-refractivity contribution in [3.05, 3.63) is 29.6 Å². The molecule has 1 aliphatic rings. The molecule has 1 aromatic rings. The fraction of sp³-hybridized carbons (Fsp3) is 0.600. The van der Waals surface area contributed by atoms with Gasteiger partial charge < -0.3 is 14.8 Å². The van der Waals surface area contributed by atoms with Crippen molar-refractivity contribution < 1.29 is 13.9 Å². The minimum atomic E-state index is -0.289. The van der Waals surface area contributed by atoms with E-state index in [0.717, 1.165) is 38.0 Å². The Labute approximate surface area is 114 Å². The van der Waals surface area contributed by atoms with Crippen molar-refractivity contribution in [3.63, 3.8) is 0 Å². The van der Waals surface area contributed by atoms with E-state index in [9.17, 15) is 4.39 Å². The highest BCUT2D eigenvalue weighted by atomic mass is 19.1. The van der Waals surface area contributed by atoms with E-state index in [2.05, 4.69) is 5.32 Å². The van der Waals surface area contributed by atoms with Gasteiger partial charge in [0, 0.05) is 19.6 Å². The first kappa shape index (κ1) is 14.3. The van der Waals surface area contributed by atoms with Crippen LogP contribution in [-0.4, -0.2) is 25.9 Å². The molecule has 1 N–H and O–H groups in total. The summed E-state index contributed by atoms with van der Waals surface area (Å²) < 4.78 is 24.8. The molecule has 1 heterocycles. The summed E-state index contributed by atoms with van der Waals surface area (Å²) in [7, 11) is 0. The Bertz CT molecular complexity index is 392. The molecule has 3 nitrogen and oxygen atoms in total. The maximum absolute atomic E-state index is 13.8. The smallest absolute Gasteiger partial charge is 0.165 e. The number of hydrogen-bond acceptors (Lipinski definition) is 3. The molecule has 0 amide bonds. The van der Waals surface area contributed by atoms with Crippen LogP contribution in [0.4, 0.5) is 4.39 Å². The molecule has 19 heavy (non-hydrogen) atoms. The Kier molecular flexibility index (Phi) is 5.61. The van der Waals surface area contributed by atoms with Crippen molar-refractivity contribution >= 4 is 0 Å². The van der Waals surface area contributed by atoms with Gasteiger partial charge in [-0.05, 0) is 37.1 Å². The third-order valence-electron chi connectivity index (χ3n) is 3.30. The molecule has 0 aliphatic carbocycles. The molecule has 0 spiro atoms. The molecule has 0 saturated carbocycles. The molecule has 1 fully saturated rings. The second-order valence-electron chi connectivity index (χ2n) is 4.82. The van der Waals surface area contributed by atoms with Crippen LogP contribution in [0.25, 0.3) is 0 Å². The molecule has 0 aromatic heterocycles. The van der Waals surface area contributed by atoms with Crippen LogP contribution in [-0.2, 0) is 11.3 Å². The van der Waals surface area contributed by atoms with Gasteiger partial charge in [0.25, 0.3) is 0 Å². The van der Waals surface area contributed by atoms with Gasteiger partial charge in [-0.2, -0.15) is 0 Å². The van der Waals surface area contributed by atoms with Gasteiger partial charge in [-0.3, -0.25) is 0 Å². The summed E-state index contributed by atoms with van der Waals surface area (Å²) in [6.45, 7) is 4.94. The summed E-state index contributed by atoms with van der Waals surface area (Å²) in [6, 6.07) is 5.13. The molecule has 1 saturated heterocycles. The lowest BCUT2D eigenvalue weighted by Gasteiger charge is -2.12. The van der Waals surface area contributed by atoms with E-state index in [0.29, 0.717) is 18.9 Å². The molecule has 4 heteroatoms. The van der Waals surface area contributed by atoms with Gasteiger partial charge in [0.2, 0.25) is 0 Å². The first-order valence-electron chi connectivity index (χ1n) is 7.03. The Morgan fingerprint density at radius 1 is 1.47 bits per heavy atom. The highest BCUT2D eigenvalue weighted by Crippen LogP contribution is 2.20. The summed E-state index contributed by atoms with van der Waals surface area (Å²) in [5.41, 5.74) is 0.936. The minimum absolute atomic E-state index is 0.288. The molecule has 106 valence electrons. The molecule has 2 rings (SSSR count). The van der Waals surface area contributed by atoms with E-state index >= 15 is 0 Å². The number of halogens is 1. The van der Waals surface area contributed by atoms with Gasteiger partial charge in [-0.15, -0.1) is 0 Å². The summed E-state index contributed by atoms with van der Waals surface area (Å²) in [4.78, 5) is 0. The fourth-order valence-electron chi connectivity index (χ4n) is 2.21. The summed E-state index contributed by atoms with van der Waals surface area (Å²) in [5.74, 6) is 0.0426. The monoisotopic (exact) mass is 267 g/mol. The number of nitrogens with one attached hydrogen (secondary N) is 1. The van der Waals surface area contributed by atoms with E-state index in [-0.39, 0.29) is 11.9 Å². The lowest BCUT2D eigenvalue weighted by atomic mass is 10.2. The summed E-state index contributed by atoms with van der Waals surface area (Å²) >= 11 is 0. The van der Waals surface area contributed by atoms with Crippen LogP contribution in [0.5, 0.6) is 5.75 Å².